The minimum atomic E-state index is 0.0114. The third-order valence-electron chi connectivity index (χ3n) is 3.58. The lowest BCUT2D eigenvalue weighted by Crippen LogP contribution is -2.54. The lowest BCUT2D eigenvalue weighted by molar-refractivity contribution is -0.116. The Morgan fingerprint density at radius 1 is 1.28 bits per heavy atom. The minimum Gasteiger partial charge on any atom is -0.351 e. The summed E-state index contributed by atoms with van der Waals surface area (Å²) in [4.78, 5) is 16.3. The fourth-order valence-corrected chi connectivity index (χ4v) is 2.36. The molecule has 0 radical (unpaired) electrons. The number of nitrogens with one attached hydrogen (secondary N) is 1. The van der Waals surface area contributed by atoms with Gasteiger partial charge in [0.2, 0.25) is 5.91 Å². The van der Waals surface area contributed by atoms with Crippen LogP contribution in [0.1, 0.15) is 20.8 Å². The Morgan fingerprint density at radius 2 is 1.89 bits per heavy atom. The van der Waals surface area contributed by atoms with Crippen LogP contribution >= 0.6 is 0 Å². The van der Waals surface area contributed by atoms with Gasteiger partial charge in [-0.1, -0.05) is 19.9 Å². The average molecular weight is 253 g/mol. The number of hydrogen-bond donors (Lipinski definition) is 1. The molecule has 1 atom stereocenters. The summed E-state index contributed by atoms with van der Waals surface area (Å²) in [5.74, 6) is 0.566. The average Bonchev–Trinajstić information content (AvgIpc) is 2.31. The van der Waals surface area contributed by atoms with E-state index in [1.54, 1.807) is 12.2 Å². The molecule has 4 heteroatoms. The first-order valence-electron chi connectivity index (χ1n) is 6.87. The summed E-state index contributed by atoms with van der Waals surface area (Å²) in [6.07, 6.45) is 3.36. The Morgan fingerprint density at radius 3 is 2.39 bits per heavy atom. The van der Waals surface area contributed by atoms with Gasteiger partial charge in [-0.3, -0.25) is 9.69 Å². The van der Waals surface area contributed by atoms with Gasteiger partial charge in [0.25, 0.3) is 0 Å². The highest BCUT2D eigenvalue weighted by Gasteiger charge is 2.24. The van der Waals surface area contributed by atoms with E-state index in [9.17, 15) is 4.79 Å². The third kappa shape index (κ3) is 4.78. The van der Waals surface area contributed by atoms with Gasteiger partial charge in [-0.25, -0.2) is 0 Å². The van der Waals surface area contributed by atoms with E-state index in [1.165, 1.54) is 0 Å². The molecule has 0 aromatic carbocycles. The van der Waals surface area contributed by atoms with Crippen molar-refractivity contribution in [2.24, 2.45) is 5.92 Å². The highest BCUT2D eigenvalue weighted by molar-refractivity contribution is 5.87. The number of carbonyl (C=O) groups is 1. The number of carbonyl (C=O) groups excluding carboxylic acids is 1. The van der Waals surface area contributed by atoms with Crippen LogP contribution in [0.2, 0.25) is 0 Å². The second-order valence-electron chi connectivity index (χ2n) is 5.40. The predicted octanol–water partition coefficient (Wildman–Crippen LogP) is 0.951. The Kier molecular flexibility index (Phi) is 6.36. The number of allylic oxidation sites excluding steroid dienone is 1. The second kappa shape index (κ2) is 7.54. The van der Waals surface area contributed by atoms with Gasteiger partial charge in [0.15, 0.2) is 0 Å². The second-order valence-corrected chi connectivity index (χ2v) is 5.40. The number of nitrogens with zero attached hydrogens (tertiary/aromatic N) is 2. The standard InChI is InChI=1S/C14H27N3O/c1-5-6-14(18)15-11-13(12(2)3)17-9-7-16(4)8-10-17/h5-6,12-13H,7-11H2,1-4H3,(H,15,18). The van der Waals surface area contributed by atoms with Gasteiger partial charge in [0.1, 0.15) is 0 Å². The quantitative estimate of drug-likeness (QED) is 0.741. The molecule has 1 saturated heterocycles. The van der Waals surface area contributed by atoms with E-state index in [4.69, 9.17) is 0 Å². The summed E-state index contributed by atoms with van der Waals surface area (Å²) >= 11 is 0. The number of piperazine rings is 1. The van der Waals surface area contributed by atoms with Crippen molar-refractivity contribution in [1.29, 1.82) is 0 Å². The highest BCUT2D eigenvalue weighted by atomic mass is 16.1. The maximum atomic E-state index is 11.5. The molecule has 1 unspecified atom stereocenters. The van der Waals surface area contributed by atoms with Crippen molar-refractivity contribution >= 4 is 5.91 Å². The van der Waals surface area contributed by atoms with Gasteiger partial charge in [-0.2, -0.15) is 0 Å². The van der Waals surface area contributed by atoms with Gasteiger partial charge in [0.05, 0.1) is 0 Å². The Labute approximate surface area is 111 Å². The fraction of sp³-hybridized carbons (Fsp3) is 0.786. The van der Waals surface area contributed by atoms with E-state index < -0.39 is 0 Å². The van der Waals surface area contributed by atoms with Crippen molar-refractivity contribution in [3.8, 4) is 0 Å². The van der Waals surface area contributed by atoms with Crippen LogP contribution in [-0.4, -0.2) is 61.5 Å². The normalized spacial score (nSPS) is 20.5. The lowest BCUT2D eigenvalue weighted by atomic mass is 10.0. The van der Waals surface area contributed by atoms with Crippen LogP contribution in [0.5, 0.6) is 0 Å². The summed E-state index contributed by atoms with van der Waals surface area (Å²) < 4.78 is 0. The SMILES string of the molecule is CC=CC(=O)NCC(C(C)C)N1CCN(C)CC1. The molecule has 1 aliphatic rings. The molecule has 104 valence electrons. The lowest BCUT2D eigenvalue weighted by Gasteiger charge is -2.39. The summed E-state index contributed by atoms with van der Waals surface area (Å²) in [5, 5.41) is 2.99. The first-order valence-corrected chi connectivity index (χ1v) is 6.87. The maximum Gasteiger partial charge on any atom is 0.243 e. The summed E-state index contributed by atoms with van der Waals surface area (Å²) in [5.41, 5.74) is 0. The van der Waals surface area contributed by atoms with E-state index in [2.05, 4.69) is 36.0 Å². The van der Waals surface area contributed by atoms with Gasteiger partial charge in [-0.15, -0.1) is 0 Å². The van der Waals surface area contributed by atoms with Crippen LogP contribution in [0, 0.1) is 5.92 Å². The first kappa shape index (κ1) is 15.2. The molecule has 1 aliphatic heterocycles. The molecule has 1 fully saturated rings. The zero-order valence-electron chi connectivity index (χ0n) is 12.1. The number of likely N-dealkylation sites (N-methyl/N-ethyl adjacent to an activating group) is 1. The number of rotatable bonds is 5. The molecule has 0 aliphatic carbocycles. The molecule has 1 heterocycles. The molecule has 18 heavy (non-hydrogen) atoms. The smallest absolute Gasteiger partial charge is 0.243 e. The van der Waals surface area contributed by atoms with Crippen molar-refractivity contribution in [2.45, 2.75) is 26.8 Å². The Hall–Kier alpha value is -0.870. The minimum absolute atomic E-state index is 0.0114. The van der Waals surface area contributed by atoms with Gasteiger partial charge >= 0.3 is 0 Å². The van der Waals surface area contributed by atoms with E-state index in [0.29, 0.717) is 12.0 Å². The first-order chi connectivity index (χ1) is 8.54. The molecular weight excluding hydrogens is 226 g/mol. The molecule has 4 nitrogen and oxygen atoms in total. The van der Waals surface area contributed by atoms with Crippen molar-refractivity contribution in [2.75, 3.05) is 39.8 Å². The van der Waals surface area contributed by atoms with E-state index in [1.807, 2.05) is 6.92 Å². The molecule has 0 saturated carbocycles. The largest absolute Gasteiger partial charge is 0.351 e. The van der Waals surface area contributed by atoms with Crippen molar-refractivity contribution < 1.29 is 4.79 Å². The van der Waals surface area contributed by atoms with E-state index in [-0.39, 0.29) is 5.91 Å². The van der Waals surface area contributed by atoms with E-state index >= 15 is 0 Å². The van der Waals surface area contributed by atoms with E-state index in [0.717, 1.165) is 32.7 Å². The molecule has 1 amide bonds. The molecule has 0 aromatic heterocycles. The fourth-order valence-electron chi connectivity index (χ4n) is 2.36. The zero-order chi connectivity index (χ0) is 13.5. The molecular formula is C14H27N3O. The van der Waals surface area contributed by atoms with Crippen molar-refractivity contribution in [3.05, 3.63) is 12.2 Å². The molecule has 0 bridgehead atoms. The van der Waals surface area contributed by atoms with Crippen molar-refractivity contribution in [3.63, 3.8) is 0 Å². The molecule has 1 N–H and O–H groups in total. The topological polar surface area (TPSA) is 35.6 Å². The van der Waals surface area contributed by atoms with Crippen LogP contribution in [0.25, 0.3) is 0 Å². The number of amides is 1. The third-order valence-corrected chi connectivity index (χ3v) is 3.58. The zero-order valence-corrected chi connectivity index (χ0v) is 12.1. The van der Waals surface area contributed by atoms with Crippen LogP contribution < -0.4 is 5.32 Å². The van der Waals surface area contributed by atoms with Gasteiger partial charge in [-0.05, 0) is 26.0 Å². The predicted molar refractivity (Wildman–Crippen MR) is 75.5 cm³/mol. The van der Waals surface area contributed by atoms with Gasteiger partial charge < -0.3 is 10.2 Å². The van der Waals surface area contributed by atoms with Crippen molar-refractivity contribution in [1.82, 2.24) is 15.1 Å². The Bertz CT molecular complexity index is 281. The molecule has 0 spiro atoms. The summed E-state index contributed by atoms with van der Waals surface area (Å²) in [7, 11) is 2.16. The molecule has 0 aromatic rings. The summed E-state index contributed by atoms with van der Waals surface area (Å²) in [6, 6.07) is 0.438. The number of hydrogen-bond acceptors (Lipinski definition) is 3. The molecule has 1 rings (SSSR count). The monoisotopic (exact) mass is 253 g/mol. The Balaban J connectivity index is 2.47. The highest BCUT2D eigenvalue weighted by Crippen LogP contribution is 2.12. The van der Waals surface area contributed by atoms with Gasteiger partial charge in [0, 0.05) is 38.8 Å². The maximum absolute atomic E-state index is 11.5. The summed E-state index contributed by atoms with van der Waals surface area (Å²) in [6.45, 7) is 11.5. The van der Waals surface area contributed by atoms with Crippen LogP contribution in [-0.2, 0) is 4.79 Å². The van der Waals surface area contributed by atoms with Crippen LogP contribution in [0.3, 0.4) is 0 Å². The van der Waals surface area contributed by atoms with Crippen LogP contribution in [0.15, 0.2) is 12.2 Å². The van der Waals surface area contributed by atoms with Crippen LogP contribution in [0.4, 0.5) is 0 Å².